The van der Waals surface area contributed by atoms with Gasteiger partial charge in [0.1, 0.15) is 11.5 Å². The molecule has 2 aromatic carbocycles. The largest absolute Gasteiger partial charge is 0.495 e. The Kier molecular flexibility index (Phi) is 8.28. The average molecular weight is 495 g/mol. The first-order valence-corrected chi connectivity index (χ1v) is 11.7. The number of benzene rings is 2. The van der Waals surface area contributed by atoms with E-state index >= 15 is 0 Å². The number of hydrogen-bond donors (Lipinski definition) is 1. The summed E-state index contributed by atoms with van der Waals surface area (Å²) >= 11 is 13.6. The van der Waals surface area contributed by atoms with Crippen molar-refractivity contribution < 1.29 is 14.3 Å². The lowest BCUT2D eigenvalue weighted by atomic mass is 10.2. The van der Waals surface area contributed by atoms with Crippen LogP contribution in [0.4, 0.5) is 5.69 Å². The van der Waals surface area contributed by atoms with Crippen LogP contribution in [0, 0.1) is 6.92 Å². The van der Waals surface area contributed by atoms with Gasteiger partial charge < -0.3 is 19.4 Å². The predicted molar refractivity (Wildman–Crippen MR) is 128 cm³/mol. The van der Waals surface area contributed by atoms with Gasteiger partial charge in [0.25, 0.3) is 0 Å². The number of nitrogens with zero attached hydrogens (tertiary/aromatic N) is 3. The van der Waals surface area contributed by atoms with Gasteiger partial charge in [-0.2, -0.15) is 0 Å². The first kappa shape index (κ1) is 24.2. The van der Waals surface area contributed by atoms with Crippen molar-refractivity contribution in [3.8, 4) is 11.5 Å². The van der Waals surface area contributed by atoms with Gasteiger partial charge in [0.15, 0.2) is 17.1 Å². The van der Waals surface area contributed by atoms with Crippen LogP contribution in [0.1, 0.15) is 31.3 Å². The first-order chi connectivity index (χ1) is 15.3. The molecule has 0 radical (unpaired) electrons. The van der Waals surface area contributed by atoms with Crippen molar-refractivity contribution in [3.63, 3.8) is 0 Å². The standard InChI is InChI=1S/C22H24Cl2N4O3S/c1-5-28-21(14(3)31-19-10-13(2)6-8-16(19)24)26-27-22(28)32-12-20(29)25-17-11-15(23)7-9-18(17)30-4/h6-11,14H,5,12H2,1-4H3,(H,25,29). The molecule has 10 heteroatoms. The van der Waals surface area contributed by atoms with Gasteiger partial charge in [-0.15, -0.1) is 10.2 Å². The Morgan fingerprint density at radius 1 is 1.19 bits per heavy atom. The number of halogens is 2. The van der Waals surface area contributed by atoms with Crippen molar-refractivity contribution in [1.29, 1.82) is 0 Å². The highest BCUT2D eigenvalue weighted by Crippen LogP contribution is 2.31. The summed E-state index contributed by atoms with van der Waals surface area (Å²) in [6.07, 6.45) is -0.374. The lowest BCUT2D eigenvalue weighted by Crippen LogP contribution is -2.16. The molecule has 0 saturated heterocycles. The summed E-state index contributed by atoms with van der Waals surface area (Å²) in [5.41, 5.74) is 1.56. The molecule has 0 spiro atoms. The number of nitrogens with one attached hydrogen (secondary N) is 1. The number of amides is 1. The summed E-state index contributed by atoms with van der Waals surface area (Å²) in [6.45, 7) is 6.48. The van der Waals surface area contributed by atoms with Gasteiger partial charge in [-0.3, -0.25) is 4.79 Å². The van der Waals surface area contributed by atoms with Gasteiger partial charge in [-0.05, 0) is 56.7 Å². The number of carbonyl (C=O) groups excluding carboxylic acids is 1. The Bertz CT molecular complexity index is 1110. The molecule has 7 nitrogen and oxygen atoms in total. The molecule has 32 heavy (non-hydrogen) atoms. The highest BCUT2D eigenvalue weighted by molar-refractivity contribution is 7.99. The van der Waals surface area contributed by atoms with E-state index in [1.807, 2.05) is 37.5 Å². The summed E-state index contributed by atoms with van der Waals surface area (Å²) < 4.78 is 13.2. The lowest BCUT2D eigenvalue weighted by Gasteiger charge is -2.17. The predicted octanol–water partition coefficient (Wildman–Crippen LogP) is 5.79. The molecule has 1 aromatic heterocycles. The van der Waals surface area contributed by atoms with E-state index in [1.54, 1.807) is 24.3 Å². The minimum Gasteiger partial charge on any atom is -0.495 e. The molecule has 0 saturated carbocycles. The minimum atomic E-state index is -0.374. The van der Waals surface area contributed by atoms with Crippen molar-refractivity contribution in [1.82, 2.24) is 14.8 Å². The van der Waals surface area contributed by atoms with Crippen LogP contribution in [0.2, 0.25) is 10.0 Å². The number of carbonyl (C=O) groups is 1. The number of thioether (sulfide) groups is 1. The molecule has 3 rings (SSSR count). The van der Waals surface area contributed by atoms with E-state index in [1.165, 1.54) is 18.9 Å². The highest BCUT2D eigenvalue weighted by atomic mass is 35.5. The Labute approximate surface area is 201 Å². The molecular weight excluding hydrogens is 471 g/mol. The number of hydrogen-bond acceptors (Lipinski definition) is 6. The van der Waals surface area contributed by atoms with Crippen LogP contribution in [0.5, 0.6) is 11.5 Å². The fraction of sp³-hybridized carbons (Fsp3) is 0.318. The zero-order valence-corrected chi connectivity index (χ0v) is 20.5. The van der Waals surface area contributed by atoms with Crippen LogP contribution < -0.4 is 14.8 Å². The van der Waals surface area contributed by atoms with Crippen molar-refractivity contribution in [2.75, 3.05) is 18.2 Å². The number of anilines is 1. The van der Waals surface area contributed by atoms with E-state index in [0.29, 0.717) is 44.8 Å². The maximum atomic E-state index is 12.5. The molecule has 1 N–H and O–H groups in total. The van der Waals surface area contributed by atoms with Crippen LogP contribution in [-0.2, 0) is 11.3 Å². The second kappa shape index (κ2) is 10.9. The molecule has 1 heterocycles. The maximum absolute atomic E-state index is 12.5. The smallest absolute Gasteiger partial charge is 0.234 e. The van der Waals surface area contributed by atoms with Gasteiger partial charge in [0, 0.05) is 11.6 Å². The monoisotopic (exact) mass is 494 g/mol. The van der Waals surface area contributed by atoms with Crippen LogP contribution in [-0.4, -0.2) is 33.5 Å². The SMILES string of the molecule is CCn1c(SCC(=O)Nc2cc(Cl)ccc2OC)nnc1C(C)Oc1cc(C)ccc1Cl. The molecule has 3 aromatic rings. The van der Waals surface area contributed by atoms with E-state index in [2.05, 4.69) is 15.5 Å². The fourth-order valence-electron chi connectivity index (χ4n) is 3.04. The van der Waals surface area contributed by atoms with E-state index in [0.717, 1.165) is 5.56 Å². The van der Waals surface area contributed by atoms with Crippen molar-refractivity contribution in [3.05, 3.63) is 57.8 Å². The van der Waals surface area contributed by atoms with Crippen LogP contribution >= 0.6 is 35.0 Å². The topological polar surface area (TPSA) is 78.3 Å². The molecule has 1 unspecified atom stereocenters. The number of methoxy groups -OCH3 is 1. The van der Waals surface area contributed by atoms with Gasteiger partial charge in [0.05, 0.1) is 23.6 Å². The van der Waals surface area contributed by atoms with E-state index in [4.69, 9.17) is 32.7 Å². The van der Waals surface area contributed by atoms with E-state index in [-0.39, 0.29) is 17.8 Å². The van der Waals surface area contributed by atoms with Gasteiger partial charge in [-0.25, -0.2) is 0 Å². The molecular formula is C22H24Cl2N4O3S. The van der Waals surface area contributed by atoms with Crippen LogP contribution in [0.3, 0.4) is 0 Å². The Morgan fingerprint density at radius 3 is 2.69 bits per heavy atom. The maximum Gasteiger partial charge on any atom is 0.234 e. The molecule has 0 aliphatic heterocycles. The number of rotatable bonds is 9. The quantitative estimate of drug-likeness (QED) is 0.379. The molecule has 0 fully saturated rings. The molecule has 0 aliphatic carbocycles. The summed E-state index contributed by atoms with van der Waals surface area (Å²) in [4.78, 5) is 12.5. The highest BCUT2D eigenvalue weighted by Gasteiger charge is 2.20. The summed E-state index contributed by atoms with van der Waals surface area (Å²) in [5.74, 6) is 1.72. The minimum absolute atomic E-state index is 0.146. The Balaban J connectivity index is 1.67. The summed E-state index contributed by atoms with van der Waals surface area (Å²) in [6, 6.07) is 10.7. The fourth-order valence-corrected chi connectivity index (χ4v) is 4.19. The Hall–Kier alpha value is -2.42. The third-order valence-electron chi connectivity index (χ3n) is 4.58. The zero-order valence-electron chi connectivity index (χ0n) is 18.2. The molecule has 0 aliphatic rings. The van der Waals surface area contributed by atoms with Gasteiger partial charge in [0.2, 0.25) is 5.91 Å². The number of ether oxygens (including phenoxy) is 2. The Morgan fingerprint density at radius 2 is 1.97 bits per heavy atom. The van der Waals surface area contributed by atoms with E-state index < -0.39 is 0 Å². The third kappa shape index (κ3) is 5.88. The normalized spacial score (nSPS) is 11.8. The van der Waals surface area contributed by atoms with Crippen LogP contribution in [0.15, 0.2) is 41.6 Å². The van der Waals surface area contributed by atoms with Crippen molar-refractivity contribution >= 4 is 46.6 Å². The molecule has 0 bridgehead atoms. The molecule has 170 valence electrons. The average Bonchev–Trinajstić information content (AvgIpc) is 3.18. The van der Waals surface area contributed by atoms with Crippen molar-refractivity contribution in [2.24, 2.45) is 0 Å². The number of aryl methyl sites for hydroxylation is 1. The second-order valence-corrected chi connectivity index (χ2v) is 8.75. The molecule has 1 atom stereocenters. The zero-order chi connectivity index (χ0) is 23.3. The lowest BCUT2D eigenvalue weighted by molar-refractivity contribution is -0.113. The number of aromatic nitrogens is 3. The van der Waals surface area contributed by atoms with Gasteiger partial charge in [-0.1, -0.05) is 41.0 Å². The summed E-state index contributed by atoms with van der Waals surface area (Å²) in [7, 11) is 1.53. The molecule has 1 amide bonds. The van der Waals surface area contributed by atoms with Crippen molar-refractivity contribution in [2.45, 2.75) is 38.6 Å². The second-order valence-electron chi connectivity index (χ2n) is 6.96. The third-order valence-corrected chi connectivity index (χ3v) is 6.10. The summed E-state index contributed by atoms with van der Waals surface area (Å²) in [5, 5.41) is 13.0. The van der Waals surface area contributed by atoms with Crippen LogP contribution in [0.25, 0.3) is 0 Å². The van der Waals surface area contributed by atoms with Gasteiger partial charge >= 0.3 is 0 Å². The van der Waals surface area contributed by atoms with E-state index in [9.17, 15) is 4.79 Å². The first-order valence-electron chi connectivity index (χ1n) is 9.94.